The molecule has 0 spiro atoms. The quantitative estimate of drug-likeness (QED) is 0.190. The van der Waals surface area contributed by atoms with Crippen LogP contribution in [0.3, 0.4) is 0 Å². The third kappa shape index (κ3) is 51.9. The Bertz CT molecular complexity index is 367. The first kappa shape index (κ1) is 45.2. The van der Waals surface area contributed by atoms with Gasteiger partial charge in [-0.3, -0.25) is 19.2 Å². The molecule has 0 fully saturated rings. The molecule has 0 unspecified atom stereocenters. The van der Waals surface area contributed by atoms with Crippen molar-refractivity contribution in [1.29, 1.82) is 0 Å². The highest BCUT2D eigenvalue weighted by molar-refractivity contribution is 5.63. The summed E-state index contributed by atoms with van der Waals surface area (Å²) in [4.78, 5) is 36.0. The van der Waals surface area contributed by atoms with Gasteiger partial charge < -0.3 is 51.1 Å². The minimum absolute atomic E-state index is 0.156. The lowest BCUT2D eigenvalue weighted by molar-refractivity contribution is -0.135. The van der Waals surface area contributed by atoms with Crippen LogP contribution in [0.2, 0.25) is 0 Å². The molecule has 0 aromatic heterocycles. The molecule has 10 N–H and O–H groups in total. The molecule has 0 saturated heterocycles. The van der Waals surface area contributed by atoms with Gasteiger partial charge in [-0.2, -0.15) is 0 Å². The zero-order chi connectivity index (χ0) is 29.0. The fourth-order valence-corrected chi connectivity index (χ4v) is 0.971. The number of rotatable bonds is 8. The molecule has 0 aromatic carbocycles. The summed E-state index contributed by atoms with van der Waals surface area (Å²) in [6, 6.07) is 0. The van der Waals surface area contributed by atoms with Crippen LogP contribution in [0.5, 0.6) is 0 Å². The topological polar surface area (TPSA) is 271 Å². The maximum atomic E-state index is 9.00. The van der Waals surface area contributed by atoms with Gasteiger partial charge in [-0.1, -0.05) is 13.8 Å². The standard InChI is InChI=1S/2C6H14O3.4C2H4O2/c2*1-2-6(3-7,4-8)5-9;4*1-2(3)4/h2*7-9H,2-5H2,1H3;4*1H3,(H,3,4). The van der Waals surface area contributed by atoms with Crippen molar-refractivity contribution in [2.24, 2.45) is 10.8 Å². The molecule has 0 aliphatic heterocycles. The molecule has 0 aromatic rings. The lowest BCUT2D eigenvalue weighted by Gasteiger charge is -2.24. The fourth-order valence-electron chi connectivity index (χ4n) is 0.971. The summed E-state index contributed by atoms with van der Waals surface area (Å²) in [5.41, 5.74) is -1.33. The molecule has 34 heavy (non-hydrogen) atoms. The summed E-state index contributed by atoms with van der Waals surface area (Å²) < 4.78 is 0. The van der Waals surface area contributed by atoms with Crippen LogP contribution in [-0.2, 0) is 19.2 Å². The lowest BCUT2D eigenvalue weighted by Crippen LogP contribution is -2.32. The average Bonchev–Trinajstić information content (AvgIpc) is 2.71. The molecule has 0 aliphatic carbocycles. The molecule has 14 heteroatoms. The molecule has 0 radical (unpaired) electrons. The Morgan fingerprint density at radius 2 is 0.529 bits per heavy atom. The van der Waals surface area contributed by atoms with E-state index in [-0.39, 0.29) is 39.6 Å². The monoisotopic (exact) mass is 508 g/mol. The van der Waals surface area contributed by atoms with Crippen LogP contribution in [-0.4, -0.2) is 115 Å². The third-order valence-electron chi connectivity index (χ3n) is 3.51. The van der Waals surface area contributed by atoms with Crippen LogP contribution in [0.15, 0.2) is 0 Å². The van der Waals surface area contributed by atoms with E-state index in [1.54, 1.807) is 0 Å². The van der Waals surface area contributed by atoms with Gasteiger partial charge in [0.2, 0.25) is 0 Å². The van der Waals surface area contributed by atoms with Crippen LogP contribution < -0.4 is 0 Å². The summed E-state index contributed by atoms with van der Waals surface area (Å²) in [7, 11) is 0. The van der Waals surface area contributed by atoms with Crippen molar-refractivity contribution < 1.29 is 70.2 Å². The maximum absolute atomic E-state index is 9.00. The second kappa shape index (κ2) is 30.6. The highest BCUT2D eigenvalue weighted by Crippen LogP contribution is 2.18. The summed E-state index contributed by atoms with van der Waals surface area (Å²) in [6.45, 7) is 7.04. The Labute approximate surface area is 199 Å². The largest absolute Gasteiger partial charge is 0.481 e. The van der Waals surface area contributed by atoms with Crippen molar-refractivity contribution in [3.63, 3.8) is 0 Å². The summed E-state index contributed by atoms with van der Waals surface area (Å²) in [6.07, 6.45) is 1.19. The normalized spacial score (nSPS) is 9.29. The van der Waals surface area contributed by atoms with Crippen LogP contribution in [0.4, 0.5) is 0 Å². The average molecular weight is 509 g/mol. The number of aliphatic carboxylic acids is 4. The van der Waals surface area contributed by atoms with Crippen LogP contribution in [0.25, 0.3) is 0 Å². The highest BCUT2D eigenvalue weighted by Gasteiger charge is 2.25. The summed E-state index contributed by atoms with van der Waals surface area (Å²) >= 11 is 0. The Hall–Kier alpha value is -2.36. The van der Waals surface area contributed by atoms with Gasteiger partial charge in [0.15, 0.2) is 0 Å². The second-order valence-corrected chi connectivity index (χ2v) is 6.73. The van der Waals surface area contributed by atoms with E-state index in [0.29, 0.717) is 12.8 Å². The Kier molecular flexibility index (Phi) is 40.7. The number of carboxylic acid groups (broad SMARTS) is 4. The first-order valence-corrected chi connectivity index (χ1v) is 9.85. The third-order valence-corrected chi connectivity index (χ3v) is 3.51. The minimum atomic E-state index is -0.833. The number of aliphatic hydroxyl groups excluding tert-OH is 6. The van der Waals surface area contributed by atoms with E-state index in [0.717, 1.165) is 27.7 Å². The van der Waals surface area contributed by atoms with Crippen molar-refractivity contribution in [1.82, 2.24) is 0 Å². The van der Waals surface area contributed by atoms with E-state index in [1.165, 1.54) is 0 Å². The first-order chi connectivity index (χ1) is 15.4. The number of carbonyl (C=O) groups is 4. The van der Waals surface area contributed by atoms with Crippen LogP contribution in [0.1, 0.15) is 54.4 Å². The smallest absolute Gasteiger partial charge is 0.300 e. The van der Waals surface area contributed by atoms with E-state index in [1.807, 2.05) is 13.8 Å². The van der Waals surface area contributed by atoms with Crippen LogP contribution >= 0.6 is 0 Å². The number of hydrogen-bond donors (Lipinski definition) is 10. The van der Waals surface area contributed by atoms with E-state index >= 15 is 0 Å². The van der Waals surface area contributed by atoms with E-state index < -0.39 is 34.7 Å². The Balaban J connectivity index is -0.0000000728. The van der Waals surface area contributed by atoms with Crippen LogP contribution in [0, 0.1) is 10.8 Å². The zero-order valence-electron chi connectivity index (χ0n) is 20.8. The van der Waals surface area contributed by atoms with Crippen molar-refractivity contribution >= 4 is 23.9 Å². The molecular weight excluding hydrogens is 464 g/mol. The fraction of sp³-hybridized carbons (Fsp3) is 0.800. The van der Waals surface area contributed by atoms with Crippen molar-refractivity contribution in [3.05, 3.63) is 0 Å². The van der Waals surface area contributed by atoms with E-state index in [2.05, 4.69) is 0 Å². The maximum Gasteiger partial charge on any atom is 0.300 e. The molecule has 208 valence electrons. The lowest BCUT2D eigenvalue weighted by atomic mass is 9.88. The first-order valence-electron chi connectivity index (χ1n) is 9.85. The molecule has 0 amide bonds. The van der Waals surface area contributed by atoms with E-state index in [4.69, 9.17) is 70.2 Å². The van der Waals surface area contributed by atoms with Gasteiger partial charge in [0.05, 0.1) is 39.6 Å². The van der Waals surface area contributed by atoms with Gasteiger partial charge in [-0.25, -0.2) is 0 Å². The van der Waals surface area contributed by atoms with E-state index in [9.17, 15) is 0 Å². The summed E-state index contributed by atoms with van der Waals surface area (Å²) in [5, 5.41) is 81.6. The zero-order valence-corrected chi connectivity index (χ0v) is 20.8. The predicted octanol–water partition coefficient (Wildman–Crippen LogP) is -0.917. The van der Waals surface area contributed by atoms with Crippen molar-refractivity contribution in [2.75, 3.05) is 39.6 Å². The van der Waals surface area contributed by atoms with Gasteiger partial charge in [0.1, 0.15) is 0 Å². The molecular formula is C20H44O14. The highest BCUT2D eigenvalue weighted by atomic mass is 16.4. The van der Waals surface area contributed by atoms with Gasteiger partial charge in [-0.05, 0) is 12.8 Å². The molecule has 0 rings (SSSR count). The Morgan fingerprint density at radius 1 is 0.441 bits per heavy atom. The number of hydrogen-bond acceptors (Lipinski definition) is 10. The molecule has 0 atom stereocenters. The van der Waals surface area contributed by atoms with Gasteiger partial charge in [0.25, 0.3) is 23.9 Å². The molecule has 0 bridgehead atoms. The Morgan fingerprint density at radius 3 is 0.529 bits per heavy atom. The molecule has 0 heterocycles. The van der Waals surface area contributed by atoms with Gasteiger partial charge >= 0.3 is 0 Å². The van der Waals surface area contributed by atoms with Gasteiger partial charge in [-0.15, -0.1) is 0 Å². The molecule has 0 saturated carbocycles. The van der Waals surface area contributed by atoms with Crippen molar-refractivity contribution in [2.45, 2.75) is 54.4 Å². The number of aliphatic hydroxyl groups is 6. The minimum Gasteiger partial charge on any atom is -0.481 e. The summed E-state index contributed by atoms with van der Waals surface area (Å²) in [5.74, 6) is -3.33. The van der Waals surface area contributed by atoms with Gasteiger partial charge in [0, 0.05) is 38.5 Å². The second-order valence-electron chi connectivity index (χ2n) is 6.73. The predicted molar refractivity (Wildman–Crippen MR) is 121 cm³/mol. The van der Waals surface area contributed by atoms with Crippen molar-refractivity contribution in [3.8, 4) is 0 Å². The number of carboxylic acids is 4. The molecule has 14 nitrogen and oxygen atoms in total. The molecule has 0 aliphatic rings. The SMILES string of the molecule is CC(=O)O.CC(=O)O.CC(=O)O.CC(=O)O.CCC(CO)(CO)CO.CCC(CO)(CO)CO.